The molecule has 0 bridgehead atoms. The molecule has 0 amide bonds. The van der Waals surface area contributed by atoms with Crippen LogP contribution in [0, 0.1) is 5.92 Å². The molecule has 0 aromatic rings. The van der Waals surface area contributed by atoms with Crippen LogP contribution in [0.3, 0.4) is 0 Å². The zero-order valence-electron chi connectivity index (χ0n) is 16.3. The largest absolute Gasteiger partial charge is 1.00 e. The molecule has 0 aliphatic heterocycles. The van der Waals surface area contributed by atoms with Crippen molar-refractivity contribution in [3.8, 4) is 0 Å². The predicted molar refractivity (Wildman–Crippen MR) is 97.8 cm³/mol. The maximum absolute atomic E-state index is 2.42. The molecule has 0 saturated carbocycles. The van der Waals surface area contributed by atoms with E-state index in [4.69, 9.17) is 0 Å². The van der Waals surface area contributed by atoms with E-state index in [1.165, 1.54) is 90.0 Å². The topological polar surface area (TPSA) is 0 Å². The van der Waals surface area contributed by atoms with E-state index in [1.54, 1.807) is 0 Å². The molecule has 1 nitrogen and oxygen atoms in total. The highest BCUT2D eigenvalue weighted by Crippen LogP contribution is 2.15. The van der Waals surface area contributed by atoms with Gasteiger partial charge in [-0.1, -0.05) is 90.9 Å². The molecule has 0 saturated heterocycles. The summed E-state index contributed by atoms with van der Waals surface area (Å²) in [6.45, 7) is 6.03. The van der Waals surface area contributed by atoms with Gasteiger partial charge in [0.25, 0.3) is 0 Å². The summed E-state index contributed by atoms with van der Waals surface area (Å²) in [4.78, 5) is 0. The van der Waals surface area contributed by atoms with Crippen LogP contribution in [0.2, 0.25) is 0 Å². The van der Waals surface area contributed by atoms with Gasteiger partial charge in [-0.05, 0) is 6.42 Å². The molecule has 0 radical (unpaired) electrons. The standard InChI is InChI=1S/C20H44N.ClH/c1-6-7-8-9-10-11-12-13-14-15-16-17-18-20(2)19-21(3,4)5;/h20H,6-19H2,1-5H3;1H/q+1;/p-1. The van der Waals surface area contributed by atoms with Crippen LogP contribution in [-0.4, -0.2) is 32.2 Å². The SMILES string of the molecule is CCCCCCCCCCCCCCC(C)C[N+](C)(C)C.[Cl-]. The molecule has 136 valence electrons. The molecule has 0 rings (SSSR count). The highest BCUT2D eigenvalue weighted by molar-refractivity contribution is 4.53. The van der Waals surface area contributed by atoms with Crippen LogP contribution in [0.25, 0.3) is 0 Å². The molecule has 1 unspecified atom stereocenters. The third kappa shape index (κ3) is 20.2. The lowest BCUT2D eigenvalue weighted by Crippen LogP contribution is -3.00. The van der Waals surface area contributed by atoms with Crippen LogP contribution in [0.4, 0.5) is 0 Å². The van der Waals surface area contributed by atoms with E-state index in [2.05, 4.69) is 35.0 Å². The van der Waals surface area contributed by atoms with Crippen LogP contribution in [0.15, 0.2) is 0 Å². The molecular weight excluding hydrogens is 290 g/mol. The Morgan fingerprint density at radius 1 is 0.636 bits per heavy atom. The van der Waals surface area contributed by atoms with Gasteiger partial charge in [0, 0.05) is 5.92 Å². The molecule has 0 fully saturated rings. The van der Waals surface area contributed by atoms with Crippen molar-refractivity contribution in [2.75, 3.05) is 27.7 Å². The highest BCUT2D eigenvalue weighted by atomic mass is 35.5. The summed E-state index contributed by atoms with van der Waals surface area (Å²) in [5.41, 5.74) is 0. The summed E-state index contributed by atoms with van der Waals surface area (Å²) in [7, 11) is 6.91. The van der Waals surface area contributed by atoms with Gasteiger partial charge in [-0.3, -0.25) is 0 Å². The minimum atomic E-state index is 0. The normalized spacial score (nSPS) is 13.0. The minimum absolute atomic E-state index is 0. The van der Waals surface area contributed by atoms with E-state index < -0.39 is 0 Å². The van der Waals surface area contributed by atoms with Gasteiger partial charge in [-0.15, -0.1) is 0 Å². The van der Waals surface area contributed by atoms with Gasteiger partial charge in [-0.2, -0.15) is 0 Å². The third-order valence-electron chi connectivity index (χ3n) is 4.41. The van der Waals surface area contributed by atoms with Crippen molar-refractivity contribution in [1.29, 1.82) is 0 Å². The average molecular weight is 334 g/mol. The lowest BCUT2D eigenvalue weighted by molar-refractivity contribution is -0.873. The summed E-state index contributed by atoms with van der Waals surface area (Å²) >= 11 is 0. The van der Waals surface area contributed by atoms with Gasteiger partial charge in [0.15, 0.2) is 0 Å². The summed E-state index contributed by atoms with van der Waals surface area (Å²) in [6, 6.07) is 0. The number of hydrogen-bond acceptors (Lipinski definition) is 0. The number of quaternary nitrogens is 1. The van der Waals surface area contributed by atoms with Crippen LogP contribution >= 0.6 is 0 Å². The Kier molecular flexibility index (Phi) is 18.0. The fraction of sp³-hybridized carbons (Fsp3) is 1.00. The molecule has 1 atom stereocenters. The molecule has 0 aliphatic carbocycles. The van der Waals surface area contributed by atoms with Crippen molar-refractivity contribution in [1.82, 2.24) is 0 Å². The first kappa shape index (κ1) is 24.5. The second-order valence-electron chi connectivity index (χ2n) is 8.26. The maximum atomic E-state index is 2.42. The Labute approximate surface area is 148 Å². The van der Waals surface area contributed by atoms with Gasteiger partial charge in [0.1, 0.15) is 0 Å². The molecule has 0 heterocycles. The molecule has 0 aromatic carbocycles. The summed E-state index contributed by atoms with van der Waals surface area (Å²) in [5.74, 6) is 0.883. The average Bonchev–Trinajstić information content (AvgIpc) is 2.38. The first-order valence-corrected chi connectivity index (χ1v) is 9.76. The van der Waals surface area contributed by atoms with Crippen LogP contribution in [0.5, 0.6) is 0 Å². The van der Waals surface area contributed by atoms with Crippen molar-refractivity contribution >= 4 is 0 Å². The third-order valence-corrected chi connectivity index (χ3v) is 4.41. The van der Waals surface area contributed by atoms with Crippen molar-refractivity contribution in [3.05, 3.63) is 0 Å². The number of hydrogen-bond donors (Lipinski definition) is 0. The quantitative estimate of drug-likeness (QED) is 0.318. The second-order valence-corrected chi connectivity index (χ2v) is 8.26. The second kappa shape index (κ2) is 16.1. The van der Waals surface area contributed by atoms with Crippen molar-refractivity contribution in [3.63, 3.8) is 0 Å². The van der Waals surface area contributed by atoms with Crippen molar-refractivity contribution in [2.24, 2.45) is 5.92 Å². The fourth-order valence-electron chi connectivity index (χ4n) is 3.36. The molecular formula is C20H44ClN. The van der Waals surface area contributed by atoms with Crippen LogP contribution in [-0.2, 0) is 0 Å². The first-order valence-electron chi connectivity index (χ1n) is 9.76. The monoisotopic (exact) mass is 333 g/mol. The van der Waals surface area contributed by atoms with E-state index in [-0.39, 0.29) is 12.4 Å². The summed E-state index contributed by atoms with van der Waals surface area (Å²) in [5, 5.41) is 0. The van der Waals surface area contributed by atoms with Crippen LogP contribution in [0.1, 0.15) is 97.3 Å². The van der Waals surface area contributed by atoms with E-state index >= 15 is 0 Å². The molecule has 0 N–H and O–H groups in total. The lowest BCUT2D eigenvalue weighted by atomic mass is 10.0. The predicted octanol–water partition coefficient (Wildman–Crippen LogP) is 3.42. The number of nitrogens with zero attached hydrogens (tertiary/aromatic N) is 1. The molecule has 0 aliphatic rings. The zero-order chi connectivity index (χ0) is 16.0. The molecule has 22 heavy (non-hydrogen) atoms. The number of unbranched alkanes of at least 4 members (excludes halogenated alkanes) is 11. The van der Waals surface area contributed by atoms with Gasteiger partial charge >= 0.3 is 0 Å². The van der Waals surface area contributed by atoms with Gasteiger partial charge < -0.3 is 16.9 Å². The summed E-state index contributed by atoms with van der Waals surface area (Å²) in [6.07, 6.45) is 18.9. The minimum Gasteiger partial charge on any atom is -1.00 e. The first-order chi connectivity index (χ1) is 9.95. The van der Waals surface area contributed by atoms with Gasteiger partial charge in [0.2, 0.25) is 0 Å². The van der Waals surface area contributed by atoms with Crippen molar-refractivity contribution < 1.29 is 16.9 Å². The van der Waals surface area contributed by atoms with E-state index in [1.807, 2.05) is 0 Å². The van der Waals surface area contributed by atoms with Gasteiger partial charge in [-0.25, -0.2) is 0 Å². The summed E-state index contributed by atoms with van der Waals surface area (Å²) < 4.78 is 1.11. The van der Waals surface area contributed by atoms with E-state index in [9.17, 15) is 0 Å². The number of halogens is 1. The Hall–Kier alpha value is 0.250. The highest BCUT2D eigenvalue weighted by Gasteiger charge is 2.12. The van der Waals surface area contributed by atoms with E-state index in [0.29, 0.717) is 0 Å². The zero-order valence-corrected chi connectivity index (χ0v) is 17.1. The molecule has 0 aromatic heterocycles. The Bertz CT molecular complexity index is 210. The van der Waals surface area contributed by atoms with Gasteiger partial charge in [0.05, 0.1) is 27.7 Å². The fourth-order valence-corrected chi connectivity index (χ4v) is 3.36. The van der Waals surface area contributed by atoms with Crippen molar-refractivity contribution in [2.45, 2.75) is 97.3 Å². The van der Waals surface area contributed by atoms with Crippen LogP contribution < -0.4 is 12.4 Å². The lowest BCUT2D eigenvalue weighted by Gasteiger charge is -2.27. The molecule has 2 heteroatoms. The smallest absolute Gasteiger partial charge is 0.0806 e. The Morgan fingerprint density at radius 2 is 1.00 bits per heavy atom. The van der Waals surface area contributed by atoms with E-state index in [0.717, 1.165) is 10.4 Å². The molecule has 0 spiro atoms. The Morgan fingerprint density at radius 3 is 1.36 bits per heavy atom. The number of rotatable bonds is 15. The Balaban J connectivity index is 0. The maximum Gasteiger partial charge on any atom is 0.0806 e.